The van der Waals surface area contributed by atoms with Gasteiger partial charge in [0.05, 0.1) is 11.1 Å². The number of anilines is 1. The highest BCUT2D eigenvalue weighted by Crippen LogP contribution is 2.33. The summed E-state index contributed by atoms with van der Waals surface area (Å²) in [6.45, 7) is 1.53. The first kappa shape index (κ1) is 16.9. The highest BCUT2D eigenvalue weighted by atomic mass is 32.1. The van der Waals surface area contributed by atoms with Gasteiger partial charge in [0.25, 0.3) is 5.56 Å². The number of carbonyl (C=O) groups is 1. The molecule has 0 radical (unpaired) electrons. The van der Waals surface area contributed by atoms with Crippen molar-refractivity contribution in [3.63, 3.8) is 0 Å². The molecule has 0 aliphatic heterocycles. The number of thiophene rings is 1. The Bertz CT molecular complexity index is 1070. The SMILES string of the molecule is Cc1nc2sc3c(c2c(=O)n1CC(=O)Nc1ccccc1F)CCCC3. The van der Waals surface area contributed by atoms with Crippen molar-refractivity contribution in [3.8, 4) is 0 Å². The van der Waals surface area contributed by atoms with E-state index in [0.717, 1.165) is 36.1 Å². The van der Waals surface area contributed by atoms with Gasteiger partial charge in [0, 0.05) is 4.88 Å². The van der Waals surface area contributed by atoms with Gasteiger partial charge in [0.1, 0.15) is 23.0 Å². The van der Waals surface area contributed by atoms with E-state index in [2.05, 4.69) is 10.3 Å². The third-order valence-electron chi connectivity index (χ3n) is 4.72. The van der Waals surface area contributed by atoms with Crippen LogP contribution in [0, 0.1) is 12.7 Å². The Morgan fingerprint density at radius 3 is 2.88 bits per heavy atom. The number of aryl methyl sites for hydroxylation is 3. The lowest BCUT2D eigenvalue weighted by molar-refractivity contribution is -0.116. The molecule has 134 valence electrons. The van der Waals surface area contributed by atoms with Gasteiger partial charge in [-0.25, -0.2) is 9.37 Å². The molecular weight excluding hydrogens is 353 g/mol. The smallest absolute Gasteiger partial charge is 0.263 e. The van der Waals surface area contributed by atoms with E-state index in [1.807, 2.05) is 0 Å². The zero-order valence-electron chi connectivity index (χ0n) is 14.3. The standard InChI is InChI=1S/C19H18FN3O2S/c1-11-21-18-17(12-6-2-5-9-15(12)26-18)19(25)23(11)10-16(24)22-14-8-4-3-7-13(14)20/h3-4,7-8H,2,5-6,9-10H2,1H3,(H,22,24). The zero-order valence-corrected chi connectivity index (χ0v) is 15.2. The number of hydrogen-bond donors (Lipinski definition) is 1. The second-order valence-electron chi connectivity index (χ2n) is 6.47. The fourth-order valence-electron chi connectivity index (χ4n) is 3.42. The topological polar surface area (TPSA) is 64.0 Å². The van der Waals surface area contributed by atoms with Crippen molar-refractivity contribution in [2.24, 2.45) is 0 Å². The molecule has 1 amide bonds. The Morgan fingerprint density at radius 1 is 1.31 bits per heavy atom. The first-order chi connectivity index (χ1) is 12.5. The fraction of sp³-hybridized carbons (Fsp3) is 0.316. The summed E-state index contributed by atoms with van der Waals surface area (Å²) in [5, 5.41) is 3.17. The van der Waals surface area contributed by atoms with Gasteiger partial charge in [0.2, 0.25) is 5.91 Å². The van der Waals surface area contributed by atoms with E-state index in [9.17, 15) is 14.0 Å². The van der Waals surface area contributed by atoms with Crippen molar-refractivity contribution in [2.75, 3.05) is 5.32 Å². The normalized spacial score (nSPS) is 13.6. The number of carbonyl (C=O) groups excluding carboxylic acids is 1. The number of nitrogens with zero attached hydrogens (tertiary/aromatic N) is 2. The second kappa shape index (κ2) is 6.64. The minimum Gasteiger partial charge on any atom is -0.322 e. The van der Waals surface area contributed by atoms with E-state index in [4.69, 9.17) is 0 Å². The summed E-state index contributed by atoms with van der Waals surface area (Å²) in [5.41, 5.74) is 1.01. The zero-order chi connectivity index (χ0) is 18.3. The number of hydrogen-bond acceptors (Lipinski definition) is 4. The molecule has 26 heavy (non-hydrogen) atoms. The monoisotopic (exact) mass is 371 g/mol. The van der Waals surface area contributed by atoms with Gasteiger partial charge < -0.3 is 5.32 Å². The molecule has 0 unspecified atom stereocenters. The minimum absolute atomic E-state index is 0.102. The number of fused-ring (bicyclic) bond motifs is 3. The third-order valence-corrected chi connectivity index (χ3v) is 5.90. The van der Waals surface area contributed by atoms with Crippen molar-refractivity contribution < 1.29 is 9.18 Å². The summed E-state index contributed by atoms with van der Waals surface area (Å²) in [5.74, 6) is -0.472. The number of amides is 1. The molecule has 1 aromatic carbocycles. The summed E-state index contributed by atoms with van der Waals surface area (Å²) < 4.78 is 15.1. The summed E-state index contributed by atoms with van der Waals surface area (Å²) >= 11 is 1.59. The quantitative estimate of drug-likeness (QED) is 0.767. The van der Waals surface area contributed by atoms with Crippen LogP contribution in [0.3, 0.4) is 0 Å². The lowest BCUT2D eigenvalue weighted by Crippen LogP contribution is -2.30. The number of aromatic nitrogens is 2. The molecule has 7 heteroatoms. The van der Waals surface area contributed by atoms with E-state index in [-0.39, 0.29) is 17.8 Å². The van der Waals surface area contributed by atoms with Crippen LogP contribution in [0.25, 0.3) is 10.2 Å². The summed E-state index contributed by atoms with van der Waals surface area (Å²) in [6, 6.07) is 5.95. The van der Waals surface area contributed by atoms with Crippen molar-refractivity contribution in [2.45, 2.75) is 39.2 Å². The number of rotatable bonds is 3. The molecule has 0 fully saturated rings. The van der Waals surface area contributed by atoms with Gasteiger partial charge >= 0.3 is 0 Å². The van der Waals surface area contributed by atoms with Gasteiger partial charge in [-0.3, -0.25) is 14.2 Å². The lowest BCUT2D eigenvalue weighted by atomic mass is 9.97. The number of benzene rings is 1. The molecule has 0 spiro atoms. The van der Waals surface area contributed by atoms with Gasteiger partial charge in [-0.15, -0.1) is 11.3 Å². The van der Waals surface area contributed by atoms with Crippen LogP contribution >= 0.6 is 11.3 Å². The fourth-order valence-corrected chi connectivity index (χ4v) is 4.72. The van der Waals surface area contributed by atoms with Crippen LogP contribution in [0.2, 0.25) is 0 Å². The molecule has 1 N–H and O–H groups in total. The molecule has 4 rings (SSSR count). The molecule has 3 aromatic rings. The van der Waals surface area contributed by atoms with Crippen molar-refractivity contribution in [1.29, 1.82) is 0 Å². The summed E-state index contributed by atoms with van der Waals surface area (Å²) in [6.07, 6.45) is 4.08. The summed E-state index contributed by atoms with van der Waals surface area (Å²) in [4.78, 5) is 31.9. The largest absolute Gasteiger partial charge is 0.322 e. The van der Waals surface area contributed by atoms with E-state index in [1.54, 1.807) is 30.4 Å². The van der Waals surface area contributed by atoms with E-state index in [1.165, 1.54) is 21.6 Å². The predicted molar refractivity (Wildman–Crippen MR) is 100 cm³/mol. The first-order valence-corrected chi connectivity index (χ1v) is 9.42. The minimum atomic E-state index is -0.509. The van der Waals surface area contributed by atoms with Gasteiger partial charge in [-0.05, 0) is 50.3 Å². The Hall–Kier alpha value is -2.54. The highest BCUT2D eigenvalue weighted by molar-refractivity contribution is 7.18. The Kier molecular flexibility index (Phi) is 4.32. The average molecular weight is 371 g/mol. The van der Waals surface area contributed by atoms with Gasteiger partial charge in [0.15, 0.2) is 0 Å². The molecular formula is C19H18FN3O2S. The van der Waals surface area contributed by atoms with E-state index in [0.29, 0.717) is 11.2 Å². The molecule has 1 aliphatic carbocycles. The van der Waals surface area contributed by atoms with Crippen LogP contribution in [0.15, 0.2) is 29.1 Å². The average Bonchev–Trinajstić information content (AvgIpc) is 2.98. The molecule has 0 saturated heterocycles. The first-order valence-electron chi connectivity index (χ1n) is 8.60. The van der Waals surface area contributed by atoms with Crippen LogP contribution in [0.1, 0.15) is 29.1 Å². The summed E-state index contributed by atoms with van der Waals surface area (Å²) in [7, 11) is 0. The Morgan fingerprint density at radius 2 is 2.08 bits per heavy atom. The molecule has 5 nitrogen and oxygen atoms in total. The molecule has 2 heterocycles. The Labute approximate surface area is 153 Å². The second-order valence-corrected chi connectivity index (χ2v) is 7.55. The van der Waals surface area contributed by atoms with Crippen molar-refractivity contribution in [3.05, 3.63) is 56.7 Å². The molecule has 2 aromatic heterocycles. The number of para-hydroxylation sites is 1. The van der Waals surface area contributed by atoms with E-state index >= 15 is 0 Å². The maximum Gasteiger partial charge on any atom is 0.263 e. The van der Waals surface area contributed by atoms with Crippen LogP contribution in [-0.2, 0) is 24.2 Å². The molecule has 0 saturated carbocycles. The predicted octanol–water partition coefficient (Wildman–Crippen LogP) is 3.42. The van der Waals surface area contributed by atoms with E-state index < -0.39 is 11.7 Å². The molecule has 0 bridgehead atoms. The van der Waals surface area contributed by atoms with Crippen LogP contribution in [0.5, 0.6) is 0 Å². The number of halogens is 1. The van der Waals surface area contributed by atoms with Crippen LogP contribution in [-0.4, -0.2) is 15.5 Å². The molecule has 1 aliphatic rings. The third kappa shape index (κ3) is 2.92. The highest BCUT2D eigenvalue weighted by Gasteiger charge is 2.22. The van der Waals surface area contributed by atoms with Gasteiger partial charge in [-0.2, -0.15) is 0 Å². The maximum atomic E-state index is 13.7. The lowest BCUT2D eigenvalue weighted by Gasteiger charge is -2.12. The Balaban J connectivity index is 1.69. The van der Waals surface area contributed by atoms with Crippen LogP contribution in [0.4, 0.5) is 10.1 Å². The van der Waals surface area contributed by atoms with Gasteiger partial charge in [-0.1, -0.05) is 12.1 Å². The van der Waals surface area contributed by atoms with Crippen LogP contribution < -0.4 is 10.9 Å². The van der Waals surface area contributed by atoms with Crippen molar-refractivity contribution in [1.82, 2.24) is 9.55 Å². The maximum absolute atomic E-state index is 13.7. The van der Waals surface area contributed by atoms with Crippen molar-refractivity contribution >= 4 is 33.1 Å². The molecule has 0 atom stereocenters. The number of nitrogens with one attached hydrogen (secondary N) is 1.